The van der Waals surface area contributed by atoms with Gasteiger partial charge < -0.3 is 10.1 Å². The molecule has 1 aliphatic heterocycles. The number of nitrogens with zero attached hydrogens (tertiary/aromatic N) is 2. The summed E-state index contributed by atoms with van der Waals surface area (Å²) in [7, 11) is -3.57. The maximum Gasteiger partial charge on any atom is 0.255 e. The van der Waals surface area contributed by atoms with Crippen LogP contribution in [0.1, 0.15) is 10.4 Å². The van der Waals surface area contributed by atoms with E-state index in [1.54, 1.807) is 29.2 Å². The lowest BCUT2D eigenvalue weighted by atomic mass is 10.2. The second-order valence-electron chi connectivity index (χ2n) is 6.36. The van der Waals surface area contributed by atoms with Gasteiger partial charge >= 0.3 is 0 Å². The first kappa shape index (κ1) is 20.3. The van der Waals surface area contributed by atoms with Gasteiger partial charge in [-0.25, -0.2) is 13.4 Å². The number of aromatic nitrogens is 1. The molecule has 1 amide bonds. The van der Waals surface area contributed by atoms with Gasteiger partial charge in [-0.05, 0) is 48.7 Å². The molecule has 0 saturated carbocycles. The van der Waals surface area contributed by atoms with Crippen LogP contribution >= 0.6 is 23.1 Å². The fraction of sp³-hybridized carbons (Fsp3) is 0.263. The van der Waals surface area contributed by atoms with Gasteiger partial charge in [-0.2, -0.15) is 4.31 Å². The van der Waals surface area contributed by atoms with Gasteiger partial charge in [-0.3, -0.25) is 4.79 Å². The molecule has 1 fully saturated rings. The minimum absolute atomic E-state index is 0.173. The summed E-state index contributed by atoms with van der Waals surface area (Å²) in [6.07, 6.45) is 1.98. The standard InChI is InChI=1S/C19H19N3O4S3/c1-27-19-21-16-7-4-14(12-17(16)28-19)20-18(23)13-2-5-15(6-3-13)29(24,25)22-8-10-26-11-9-22/h2-7,12H,8-11H2,1H3,(H,20,23). The summed E-state index contributed by atoms with van der Waals surface area (Å²) in [5, 5.41) is 2.86. The molecule has 0 bridgehead atoms. The molecular formula is C19H19N3O4S3. The largest absolute Gasteiger partial charge is 0.379 e. The van der Waals surface area contributed by atoms with Gasteiger partial charge in [-0.15, -0.1) is 11.3 Å². The number of hydrogen-bond acceptors (Lipinski definition) is 7. The third kappa shape index (κ3) is 4.31. The van der Waals surface area contributed by atoms with Crippen LogP contribution in [0.5, 0.6) is 0 Å². The topological polar surface area (TPSA) is 88.6 Å². The van der Waals surface area contributed by atoms with E-state index in [9.17, 15) is 13.2 Å². The molecule has 2 heterocycles. The maximum absolute atomic E-state index is 12.7. The fourth-order valence-corrected chi connectivity index (χ4v) is 5.92. The van der Waals surface area contributed by atoms with E-state index in [4.69, 9.17) is 4.74 Å². The van der Waals surface area contributed by atoms with Crippen molar-refractivity contribution in [3.05, 3.63) is 48.0 Å². The Kier molecular flexibility index (Phi) is 5.88. The van der Waals surface area contributed by atoms with E-state index in [0.717, 1.165) is 14.6 Å². The van der Waals surface area contributed by atoms with Crippen LogP contribution in [-0.2, 0) is 14.8 Å². The Labute approximate surface area is 177 Å². The van der Waals surface area contributed by atoms with Crippen molar-refractivity contribution in [2.75, 3.05) is 37.9 Å². The van der Waals surface area contributed by atoms with E-state index < -0.39 is 10.0 Å². The Hall–Kier alpha value is -1.98. The highest BCUT2D eigenvalue weighted by atomic mass is 32.2. The van der Waals surface area contributed by atoms with Crippen molar-refractivity contribution in [3.8, 4) is 0 Å². The highest BCUT2D eigenvalue weighted by Crippen LogP contribution is 2.30. The van der Waals surface area contributed by atoms with E-state index in [1.165, 1.54) is 28.6 Å². The predicted octanol–water partition coefficient (Wildman–Crippen LogP) is 3.29. The summed E-state index contributed by atoms with van der Waals surface area (Å²) in [6, 6.07) is 11.6. The maximum atomic E-state index is 12.7. The lowest BCUT2D eigenvalue weighted by Crippen LogP contribution is -2.40. The van der Waals surface area contributed by atoms with Crippen LogP contribution < -0.4 is 5.32 Å². The lowest BCUT2D eigenvalue weighted by Gasteiger charge is -2.26. The van der Waals surface area contributed by atoms with E-state index in [1.807, 2.05) is 18.4 Å². The molecule has 0 unspecified atom stereocenters. The van der Waals surface area contributed by atoms with Crippen LogP contribution in [0.15, 0.2) is 51.7 Å². The number of morpholine rings is 1. The molecule has 152 valence electrons. The van der Waals surface area contributed by atoms with Crippen LogP contribution in [0.2, 0.25) is 0 Å². The third-order valence-corrected chi connectivity index (χ3v) is 8.44. The molecule has 2 aromatic carbocycles. The molecule has 0 atom stereocenters. The summed E-state index contributed by atoms with van der Waals surface area (Å²) in [5.41, 5.74) is 1.96. The predicted molar refractivity (Wildman–Crippen MR) is 115 cm³/mol. The minimum atomic E-state index is -3.57. The smallest absolute Gasteiger partial charge is 0.255 e. The second kappa shape index (κ2) is 8.41. The van der Waals surface area contributed by atoms with E-state index >= 15 is 0 Å². The summed E-state index contributed by atoms with van der Waals surface area (Å²) in [6.45, 7) is 1.45. The summed E-state index contributed by atoms with van der Waals surface area (Å²) < 4.78 is 33.9. The number of hydrogen-bond donors (Lipinski definition) is 1. The zero-order valence-corrected chi connectivity index (χ0v) is 18.1. The van der Waals surface area contributed by atoms with Crippen LogP contribution in [0.4, 0.5) is 5.69 Å². The van der Waals surface area contributed by atoms with E-state index in [-0.39, 0.29) is 10.8 Å². The fourth-order valence-electron chi connectivity index (χ4n) is 2.99. The SMILES string of the molecule is CSc1nc2ccc(NC(=O)c3ccc(S(=O)(=O)N4CCOCC4)cc3)cc2s1. The number of carbonyl (C=O) groups excluding carboxylic acids is 1. The number of sulfonamides is 1. The third-order valence-electron chi connectivity index (χ3n) is 4.53. The Morgan fingerprint density at radius 1 is 1.17 bits per heavy atom. The number of ether oxygens (including phenoxy) is 1. The molecule has 10 heteroatoms. The first-order valence-electron chi connectivity index (χ1n) is 8.91. The van der Waals surface area contributed by atoms with Gasteiger partial charge in [0.2, 0.25) is 10.0 Å². The Bertz CT molecular complexity index is 1140. The van der Waals surface area contributed by atoms with Crippen molar-refractivity contribution < 1.29 is 17.9 Å². The minimum Gasteiger partial charge on any atom is -0.379 e. The first-order valence-corrected chi connectivity index (χ1v) is 12.4. The van der Waals surface area contributed by atoms with Crippen molar-refractivity contribution in [1.29, 1.82) is 0 Å². The molecule has 0 spiro atoms. The molecule has 1 saturated heterocycles. The monoisotopic (exact) mass is 449 g/mol. The molecule has 1 aromatic heterocycles. The van der Waals surface area contributed by atoms with Gasteiger partial charge in [0.25, 0.3) is 5.91 Å². The number of fused-ring (bicyclic) bond motifs is 1. The van der Waals surface area contributed by atoms with Gasteiger partial charge in [0.05, 0.1) is 28.3 Å². The van der Waals surface area contributed by atoms with E-state index in [0.29, 0.717) is 37.6 Å². The van der Waals surface area contributed by atoms with Crippen molar-refractivity contribution >= 4 is 54.9 Å². The van der Waals surface area contributed by atoms with Crippen molar-refractivity contribution in [3.63, 3.8) is 0 Å². The Balaban J connectivity index is 1.49. The zero-order chi connectivity index (χ0) is 20.4. The first-order chi connectivity index (χ1) is 14.0. The molecule has 4 rings (SSSR count). The van der Waals surface area contributed by atoms with Gasteiger partial charge in [-0.1, -0.05) is 11.8 Å². The molecule has 3 aromatic rings. The van der Waals surface area contributed by atoms with Crippen LogP contribution in [0, 0.1) is 0 Å². The summed E-state index contributed by atoms with van der Waals surface area (Å²) >= 11 is 3.16. The number of amides is 1. The second-order valence-corrected chi connectivity index (χ2v) is 10.4. The van der Waals surface area contributed by atoms with Crippen LogP contribution in [0.25, 0.3) is 10.2 Å². The normalized spacial score (nSPS) is 15.5. The van der Waals surface area contributed by atoms with Crippen LogP contribution in [-0.4, -0.2) is 56.2 Å². The zero-order valence-electron chi connectivity index (χ0n) is 15.6. The van der Waals surface area contributed by atoms with Crippen LogP contribution in [0.3, 0.4) is 0 Å². The molecule has 7 nitrogen and oxygen atoms in total. The quantitative estimate of drug-likeness (QED) is 0.602. The molecule has 1 aliphatic rings. The molecule has 29 heavy (non-hydrogen) atoms. The van der Waals surface area contributed by atoms with Crippen molar-refractivity contribution in [2.45, 2.75) is 9.24 Å². The average molecular weight is 450 g/mol. The summed E-state index contributed by atoms with van der Waals surface area (Å²) in [5.74, 6) is -0.297. The highest BCUT2D eigenvalue weighted by molar-refractivity contribution is 8.00. The molecular weight excluding hydrogens is 430 g/mol. The summed E-state index contributed by atoms with van der Waals surface area (Å²) in [4.78, 5) is 17.2. The van der Waals surface area contributed by atoms with Crippen molar-refractivity contribution in [1.82, 2.24) is 9.29 Å². The average Bonchev–Trinajstić information content (AvgIpc) is 3.17. The van der Waals surface area contributed by atoms with E-state index in [2.05, 4.69) is 10.3 Å². The highest BCUT2D eigenvalue weighted by Gasteiger charge is 2.26. The lowest BCUT2D eigenvalue weighted by molar-refractivity contribution is 0.0730. The molecule has 0 aliphatic carbocycles. The molecule has 0 radical (unpaired) electrons. The number of thioether (sulfide) groups is 1. The van der Waals surface area contributed by atoms with Gasteiger partial charge in [0.15, 0.2) is 4.34 Å². The number of nitrogens with one attached hydrogen (secondary N) is 1. The number of rotatable bonds is 5. The number of thiazole rings is 1. The Morgan fingerprint density at radius 3 is 2.59 bits per heavy atom. The van der Waals surface area contributed by atoms with Gasteiger partial charge in [0.1, 0.15) is 0 Å². The Morgan fingerprint density at radius 2 is 1.90 bits per heavy atom. The number of carbonyl (C=O) groups is 1. The number of anilines is 1. The number of benzene rings is 2. The van der Waals surface area contributed by atoms with Gasteiger partial charge in [0, 0.05) is 24.3 Å². The molecule has 1 N–H and O–H groups in total. The van der Waals surface area contributed by atoms with Crippen molar-refractivity contribution in [2.24, 2.45) is 0 Å².